The number of pyridine rings is 1. The van der Waals surface area contributed by atoms with Gasteiger partial charge in [0.2, 0.25) is 0 Å². The number of hydrogen-bond acceptors (Lipinski definition) is 5. The molecule has 0 fully saturated rings. The van der Waals surface area contributed by atoms with Gasteiger partial charge in [-0.3, -0.25) is 4.98 Å². The number of fused-ring (bicyclic) bond motifs is 2. The first-order valence-electron chi connectivity index (χ1n) is 7.74. The second-order valence-electron chi connectivity index (χ2n) is 5.93. The molecule has 0 saturated carbocycles. The van der Waals surface area contributed by atoms with E-state index >= 15 is 0 Å². The first-order valence-corrected chi connectivity index (χ1v) is 7.74. The molecule has 0 bridgehead atoms. The predicted octanol–water partition coefficient (Wildman–Crippen LogP) is 2.69. The van der Waals surface area contributed by atoms with E-state index in [1.54, 1.807) is 0 Å². The van der Waals surface area contributed by atoms with Crippen LogP contribution in [0, 0.1) is 5.92 Å². The van der Waals surface area contributed by atoms with Crippen LogP contribution in [0.2, 0.25) is 0 Å². The van der Waals surface area contributed by atoms with Crippen molar-refractivity contribution in [1.82, 2.24) is 4.98 Å². The monoisotopic (exact) mass is 313 g/mol. The minimum atomic E-state index is -0.570. The number of ether oxygens (including phenoxy) is 2. The quantitative estimate of drug-likeness (QED) is 0.815. The Balaban J connectivity index is 2.07. The Morgan fingerprint density at radius 2 is 2.09 bits per heavy atom. The number of esters is 2. The average Bonchev–Trinajstić information content (AvgIpc) is 2.57. The van der Waals surface area contributed by atoms with Crippen molar-refractivity contribution < 1.29 is 19.1 Å². The Labute approximate surface area is 134 Å². The third-order valence-electron chi connectivity index (χ3n) is 4.26. The first-order chi connectivity index (χ1) is 11.1. The Morgan fingerprint density at radius 3 is 2.87 bits per heavy atom. The summed E-state index contributed by atoms with van der Waals surface area (Å²) in [5, 5.41) is 0.773. The van der Waals surface area contributed by atoms with Gasteiger partial charge in [0.1, 0.15) is 0 Å². The molecule has 2 aromatic rings. The van der Waals surface area contributed by atoms with Gasteiger partial charge in [-0.05, 0) is 36.8 Å². The van der Waals surface area contributed by atoms with E-state index in [1.807, 2.05) is 24.3 Å². The standard InChI is InChI=1S/C18H19NO4/c1-11-7-8-15-13(9-11)17(18(21)23-10-16(20)22-2)12-5-3-4-6-14(12)19-15/h3-6,11H,7-10H2,1-2H3/t11-/m1/s1. The van der Waals surface area contributed by atoms with E-state index in [-0.39, 0.29) is 6.61 Å². The fraction of sp³-hybridized carbons (Fsp3) is 0.389. The van der Waals surface area contributed by atoms with Crippen LogP contribution in [-0.4, -0.2) is 30.6 Å². The molecule has 0 amide bonds. The van der Waals surface area contributed by atoms with Crippen LogP contribution >= 0.6 is 0 Å². The molecular weight excluding hydrogens is 294 g/mol. The molecule has 1 aromatic carbocycles. The Bertz CT molecular complexity index is 769. The summed E-state index contributed by atoms with van der Waals surface area (Å²) in [4.78, 5) is 28.5. The lowest BCUT2D eigenvalue weighted by atomic mass is 9.84. The van der Waals surface area contributed by atoms with Gasteiger partial charge in [0.05, 0.1) is 18.2 Å². The van der Waals surface area contributed by atoms with Crippen LogP contribution < -0.4 is 0 Å². The van der Waals surface area contributed by atoms with Crippen LogP contribution in [0.4, 0.5) is 0 Å². The molecule has 0 aliphatic heterocycles. The highest BCUT2D eigenvalue weighted by molar-refractivity contribution is 6.05. The third kappa shape index (κ3) is 3.04. The summed E-state index contributed by atoms with van der Waals surface area (Å²) in [6.07, 6.45) is 2.73. The van der Waals surface area contributed by atoms with E-state index in [1.165, 1.54) is 7.11 Å². The lowest BCUT2D eigenvalue weighted by Crippen LogP contribution is -2.21. The Hall–Kier alpha value is -2.43. The third-order valence-corrected chi connectivity index (χ3v) is 4.26. The molecule has 0 spiro atoms. The average molecular weight is 313 g/mol. The number of hydrogen-bond donors (Lipinski definition) is 0. The SMILES string of the molecule is COC(=O)COC(=O)c1c2c(nc3ccccc13)CC[C@@H](C)C2. The predicted molar refractivity (Wildman–Crippen MR) is 85.2 cm³/mol. The fourth-order valence-electron chi connectivity index (χ4n) is 3.05. The zero-order chi connectivity index (χ0) is 16.4. The molecule has 1 heterocycles. The van der Waals surface area contributed by atoms with Crippen LogP contribution in [0.25, 0.3) is 10.9 Å². The van der Waals surface area contributed by atoms with Crippen molar-refractivity contribution in [3.05, 3.63) is 41.1 Å². The lowest BCUT2D eigenvalue weighted by molar-refractivity contribution is -0.144. The maximum atomic E-state index is 12.6. The normalized spacial score (nSPS) is 16.7. The Morgan fingerprint density at radius 1 is 1.30 bits per heavy atom. The molecule has 23 heavy (non-hydrogen) atoms. The molecule has 1 aliphatic carbocycles. The van der Waals surface area contributed by atoms with Crippen molar-refractivity contribution in [2.45, 2.75) is 26.2 Å². The summed E-state index contributed by atoms with van der Waals surface area (Å²) in [5.41, 5.74) is 3.25. The van der Waals surface area contributed by atoms with Crippen molar-refractivity contribution in [1.29, 1.82) is 0 Å². The first kappa shape index (κ1) is 15.5. The summed E-state index contributed by atoms with van der Waals surface area (Å²) >= 11 is 0. The molecule has 0 radical (unpaired) electrons. The summed E-state index contributed by atoms with van der Waals surface area (Å²) in [6, 6.07) is 7.54. The summed E-state index contributed by atoms with van der Waals surface area (Å²) < 4.78 is 9.67. The molecule has 1 aromatic heterocycles. The number of carbonyl (C=O) groups excluding carboxylic acids is 2. The van der Waals surface area contributed by atoms with E-state index in [0.717, 1.165) is 41.4 Å². The highest BCUT2D eigenvalue weighted by Gasteiger charge is 2.26. The fourth-order valence-corrected chi connectivity index (χ4v) is 3.05. The van der Waals surface area contributed by atoms with Crippen molar-refractivity contribution >= 4 is 22.8 Å². The minimum absolute atomic E-state index is 0.379. The largest absolute Gasteiger partial charge is 0.466 e. The van der Waals surface area contributed by atoms with Gasteiger partial charge in [-0.1, -0.05) is 25.1 Å². The van der Waals surface area contributed by atoms with Crippen molar-refractivity contribution in [2.75, 3.05) is 13.7 Å². The highest BCUT2D eigenvalue weighted by atomic mass is 16.6. The molecule has 1 aliphatic rings. The van der Waals surface area contributed by atoms with E-state index in [9.17, 15) is 9.59 Å². The van der Waals surface area contributed by atoms with Gasteiger partial charge in [0.15, 0.2) is 6.61 Å². The van der Waals surface area contributed by atoms with Crippen molar-refractivity contribution in [2.24, 2.45) is 5.92 Å². The number of benzene rings is 1. The molecule has 0 saturated heterocycles. The van der Waals surface area contributed by atoms with Crippen LogP contribution in [0.3, 0.4) is 0 Å². The summed E-state index contributed by atoms with van der Waals surface area (Å²) in [7, 11) is 1.27. The van der Waals surface area contributed by atoms with Crippen LogP contribution in [-0.2, 0) is 27.1 Å². The molecule has 5 heteroatoms. The van der Waals surface area contributed by atoms with Crippen LogP contribution in [0.1, 0.15) is 35.0 Å². The molecule has 1 atom stereocenters. The smallest absolute Gasteiger partial charge is 0.344 e. The number of nitrogens with zero attached hydrogens (tertiary/aromatic N) is 1. The van der Waals surface area contributed by atoms with E-state index < -0.39 is 11.9 Å². The summed E-state index contributed by atoms with van der Waals surface area (Å²) in [6.45, 7) is 1.79. The van der Waals surface area contributed by atoms with E-state index in [4.69, 9.17) is 9.72 Å². The molecule has 120 valence electrons. The van der Waals surface area contributed by atoms with Gasteiger partial charge in [0, 0.05) is 11.1 Å². The van der Waals surface area contributed by atoms with Gasteiger partial charge in [0.25, 0.3) is 0 Å². The van der Waals surface area contributed by atoms with E-state index in [0.29, 0.717) is 11.5 Å². The molecule has 0 N–H and O–H groups in total. The summed E-state index contributed by atoms with van der Waals surface area (Å²) in [5.74, 6) is -0.559. The lowest BCUT2D eigenvalue weighted by Gasteiger charge is -2.24. The molecule has 0 unspecified atom stereocenters. The molecule has 5 nitrogen and oxygen atoms in total. The van der Waals surface area contributed by atoms with Crippen molar-refractivity contribution in [3.8, 4) is 0 Å². The van der Waals surface area contributed by atoms with Gasteiger partial charge in [-0.25, -0.2) is 9.59 Å². The van der Waals surface area contributed by atoms with Gasteiger partial charge in [-0.15, -0.1) is 0 Å². The number of rotatable bonds is 3. The highest BCUT2D eigenvalue weighted by Crippen LogP contribution is 2.31. The van der Waals surface area contributed by atoms with E-state index in [2.05, 4.69) is 11.7 Å². The Kier molecular flexibility index (Phi) is 4.28. The van der Waals surface area contributed by atoms with Gasteiger partial charge >= 0.3 is 11.9 Å². The minimum Gasteiger partial charge on any atom is -0.466 e. The van der Waals surface area contributed by atoms with Gasteiger partial charge in [-0.2, -0.15) is 0 Å². The topological polar surface area (TPSA) is 65.5 Å². The number of aromatic nitrogens is 1. The maximum absolute atomic E-state index is 12.6. The number of carbonyl (C=O) groups is 2. The number of methoxy groups -OCH3 is 1. The van der Waals surface area contributed by atoms with Gasteiger partial charge < -0.3 is 9.47 Å². The molecule has 3 rings (SSSR count). The second kappa shape index (κ2) is 6.36. The van der Waals surface area contributed by atoms with Crippen LogP contribution in [0.5, 0.6) is 0 Å². The zero-order valence-electron chi connectivity index (χ0n) is 13.3. The molecular formula is C18H19NO4. The van der Waals surface area contributed by atoms with Crippen molar-refractivity contribution in [3.63, 3.8) is 0 Å². The number of aryl methyl sites for hydroxylation is 1. The van der Waals surface area contributed by atoms with Crippen LogP contribution in [0.15, 0.2) is 24.3 Å². The number of para-hydroxylation sites is 1. The maximum Gasteiger partial charge on any atom is 0.344 e. The second-order valence-corrected chi connectivity index (χ2v) is 5.93. The zero-order valence-corrected chi connectivity index (χ0v) is 13.3.